The van der Waals surface area contributed by atoms with Crippen LogP contribution in [0.2, 0.25) is 0 Å². The van der Waals surface area contributed by atoms with Crippen molar-refractivity contribution in [3.05, 3.63) is 58.7 Å². The van der Waals surface area contributed by atoms with Crippen LogP contribution >= 0.6 is 23.1 Å². The molecule has 1 aliphatic heterocycles. The zero-order chi connectivity index (χ0) is 20.3. The Hall–Kier alpha value is -1.83. The number of likely N-dealkylation sites (tertiary alicyclic amines) is 1. The van der Waals surface area contributed by atoms with Gasteiger partial charge in [0, 0.05) is 28.1 Å². The molecule has 2 heterocycles. The van der Waals surface area contributed by atoms with Crippen molar-refractivity contribution in [2.75, 3.05) is 25.4 Å². The van der Waals surface area contributed by atoms with Crippen LogP contribution in [0.4, 0.5) is 4.39 Å². The molecule has 3 rings (SSSR count). The highest BCUT2D eigenvalue weighted by Gasteiger charge is 2.11. The van der Waals surface area contributed by atoms with Gasteiger partial charge in [-0.3, -0.25) is 9.69 Å². The standard InChI is InChI=1S/C22H27FN2O2S2/c23-18-6-8-20(9-7-18)29-17-22(26)24-10-2-5-13-27-19-14-21(28-16-19)15-25-11-3-1-4-12-25/h2,6-10,14,16H,1,3-5,11-13,15,17H2,(H,24,26)/b10-2-. The van der Waals surface area contributed by atoms with Crippen LogP contribution in [0, 0.1) is 5.82 Å². The minimum Gasteiger partial charge on any atom is -0.492 e. The van der Waals surface area contributed by atoms with E-state index >= 15 is 0 Å². The van der Waals surface area contributed by atoms with Crippen LogP contribution in [0.25, 0.3) is 0 Å². The monoisotopic (exact) mass is 434 g/mol. The van der Waals surface area contributed by atoms with E-state index in [9.17, 15) is 9.18 Å². The third-order valence-corrected chi connectivity index (χ3v) is 6.47. The van der Waals surface area contributed by atoms with Crippen molar-refractivity contribution in [2.24, 2.45) is 0 Å². The van der Waals surface area contributed by atoms with Gasteiger partial charge in [-0.05, 0) is 62.5 Å². The Bertz CT molecular complexity index is 786. The van der Waals surface area contributed by atoms with Gasteiger partial charge in [0.15, 0.2) is 0 Å². The zero-order valence-corrected chi connectivity index (χ0v) is 18.1. The van der Waals surface area contributed by atoms with Crippen molar-refractivity contribution < 1.29 is 13.9 Å². The predicted molar refractivity (Wildman–Crippen MR) is 118 cm³/mol. The fraction of sp³-hybridized carbons (Fsp3) is 0.409. The Balaban J connectivity index is 1.26. The van der Waals surface area contributed by atoms with Gasteiger partial charge in [-0.15, -0.1) is 23.1 Å². The van der Waals surface area contributed by atoms with E-state index in [0.717, 1.165) is 23.6 Å². The van der Waals surface area contributed by atoms with Gasteiger partial charge in [-0.2, -0.15) is 0 Å². The number of thioether (sulfide) groups is 1. The van der Waals surface area contributed by atoms with E-state index in [1.165, 1.54) is 61.1 Å². The van der Waals surface area contributed by atoms with E-state index in [0.29, 0.717) is 12.4 Å². The molecule has 7 heteroatoms. The number of nitrogens with zero attached hydrogens (tertiary/aromatic N) is 1. The normalized spacial score (nSPS) is 14.9. The molecule has 0 atom stereocenters. The molecule has 4 nitrogen and oxygen atoms in total. The van der Waals surface area contributed by atoms with E-state index in [1.807, 2.05) is 6.08 Å². The molecule has 1 N–H and O–H groups in total. The third kappa shape index (κ3) is 8.20. The first-order chi connectivity index (χ1) is 14.2. The van der Waals surface area contributed by atoms with Crippen LogP contribution in [0.1, 0.15) is 30.6 Å². The summed E-state index contributed by atoms with van der Waals surface area (Å²) in [6.45, 7) is 4.01. The van der Waals surface area contributed by atoms with E-state index in [4.69, 9.17) is 4.74 Å². The van der Waals surface area contributed by atoms with Crippen LogP contribution < -0.4 is 10.1 Å². The first kappa shape index (κ1) is 21.9. The number of rotatable bonds is 10. The fourth-order valence-corrected chi connectivity index (χ4v) is 4.61. The van der Waals surface area contributed by atoms with Gasteiger partial charge >= 0.3 is 0 Å². The quantitative estimate of drug-likeness (QED) is 0.419. The molecule has 0 radical (unpaired) electrons. The number of halogens is 1. The summed E-state index contributed by atoms with van der Waals surface area (Å²) >= 11 is 3.13. The van der Waals surface area contributed by atoms with E-state index in [-0.39, 0.29) is 11.7 Å². The van der Waals surface area contributed by atoms with Crippen LogP contribution in [0.3, 0.4) is 0 Å². The van der Waals surface area contributed by atoms with E-state index < -0.39 is 0 Å². The summed E-state index contributed by atoms with van der Waals surface area (Å²) in [7, 11) is 0. The van der Waals surface area contributed by atoms with Crippen LogP contribution in [0.15, 0.2) is 52.9 Å². The first-order valence-corrected chi connectivity index (χ1v) is 11.8. The highest BCUT2D eigenvalue weighted by Crippen LogP contribution is 2.24. The minimum absolute atomic E-state index is 0.0864. The van der Waals surface area contributed by atoms with Gasteiger partial charge < -0.3 is 10.1 Å². The fourth-order valence-electron chi connectivity index (χ4n) is 3.06. The molecule has 1 aliphatic rings. The van der Waals surface area contributed by atoms with Crippen molar-refractivity contribution in [3.63, 3.8) is 0 Å². The van der Waals surface area contributed by atoms with Gasteiger partial charge in [0.05, 0.1) is 12.4 Å². The SMILES string of the molecule is O=C(CSc1ccc(F)cc1)N/C=C\CCOc1csc(CN2CCCCC2)c1. The first-order valence-electron chi connectivity index (χ1n) is 9.94. The molecule has 0 saturated carbocycles. The Morgan fingerprint density at radius 3 is 2.83 bits per heavy atom. The molecule has 1 aromatic heterocycles. The average Bonchev–Trinajstić information content (AvgIpc) is 3.18. The summed E-state index contributed by atoms with van der Waals surface area (Å²) in [5.41, 5.74) is 0. The highest BCUT2D eigenvalue weighted by atomic mass is 32.2. The Labute approximate surface area is 180 Å². The summed E-state index contributed by atoms with van der Waals surface area (Å²) in [6.07, 6.45) is 8.25. The maximum Gasteiger partial charge on any atom is 0.234 e. The van der Waals surface area contributed by atoms with Crippen molar-refractivity contribution in [3.8, 4) is 5.75 Å². The molecular weight excluding hydrogens is 407 g/mol. The summed E-state index contributed by atoms with van der Waals surface area (Å²) in [5.74, 6) is 0.859. The number of nitrogens with one attached hydrogen (secondary N) is 1. The molecular formula is C22H27FN2O2S2. The predicted octanol–water partition coefficient (Wildman–Crippen LogP) is 5.06. The van der Waals surface area contributed by atoms with Crippen molar-refractivity contribution in [1.82, 2.24) is 10.2 Å². The molecule has 1 saturated heterocycles. The largest absolute Gasteiger partial charge is 0.492 e. The molecule has 156 valence electrons. The van der Waals surface area contributed by atoms with Crippen LogP contribution in [-0.2, 0) is 11.3 Å². The summed E-state index contributed by atoms with van der Waals surface area (Å²) in [4.78, 5) is 16.5. The van der Waals surface area contributed by atoms with E-state index in [2.05, 4.69) is 21.7 Å². The number of hydrogen-bond donors (Lipinski definition) is 1. The van der Waals surface area contributed by atoms with Crippen molar-refractivity contribution in [1.29, 1.82) is 0 Å². The van der Waals surface area contributed by atoms with Crippen LogP contribution in [0.5, 0.6) is 5.75 Å². The Morgan fingerprint density at radius 2 is 2.03 bits per heavy atom. The highest BCUT2D eigenvalue weighted by molar-refractivity contribution is 8.00. The van der Waals surface area contributed by atoms with Gasteiger partial charge in [-0.25, -0.2) is 4.39 Å². The summed E-state index contributed by atoms with van der Waals surface area (Å²) in [6, 6.07) is 8.26. The van der Waals surface area contributed by atoms with Gasteiger partial charge in [-0.1, -0.05) is 12.5 Å². The molecule has 1 aromatic carbocycles. The van der Waals surface area contributed by atoms with Crippen molar-refractivity contribution >= 4 is 29.0 Å². The molecule has 1 amide bonds. The molecule has 0 aliphatic carbocycles. The molecule has 0 bridgehead atoms. The topological polar surface area (TPSA) is 41.6 Å². The lowest BCUT2D eigenvalue weighted by Gasteiger charge is -2.25. The number of hydrogen-bond acceptors (Lipinski definition) is 5. The van der Waals surface area contributed by atoms with Gasteiger partial charge in [0.1, 0.15) is 11.6 Å². The van der Waals surface area contributed by atoms with Crippen molar-refractivity contribution in [2.45, 2.75) is 37.1 Å². The second kappa shape index (κ2) is 12.0. The van der Waals surface area contributed by atoms with Crippen LogP contribution in [-0.4, -0.2) is 36.3 Å². The second-order valence-electron chi connectivity index (χ2n) is 6.94. The Morgan fingerprint density at radius 1 is 1.24 bits per heavy atom. The number of thiophene rings is 1. The summed E-state index contributed by atoms with van der Waals surface area (Å²) < 4.78 is 18.6. The number of piperidine rings is 1. The average molecular weight is 435 g/mol. The van der Waals surface area contributed by atoms with E-state index in [1.54, 1.807) is 29.7 Å². The maximum atomic E-state index is 12.8. The Kier molecular flexibility index (Phi) is 9.05. The number of carbonyl (C=O) groups excluding carboxylic acids is 1. The lowest BCUT2D eigenvalue weighted by Crippen LogP contribution is -2.28. The second-order valence-corrected chi connectivity index (χ2v) is 8.98. The molecule has 0 spiro atoms. The summed E-state index contributed by atoms with van der Waals surface area (Å²) in [5, 5.41) is 4.81. The lowest BCUT2D eigenvalue weighted by molar-refractivity contribution is -0.117. The number of ether oxygens (including phenoxy) is 1. The minimum atomic E-state index is -0.273. The smallest absolute Gasteiger partial charge is 0.234 e. The molecule has 2 aromatic rings. The number of benzene rings is 1. The number of carbonyl (C=O) groups is 1. The molecule has 0 unspecified atom stereocenters. The van der Waals surface area contributed by atoms with Gasteiger partial charge in [0.2, 0.25) is 5.91 Å². The molecule has 1 fully saturated rings. The maximum absolute atomic E-state index is 12.8. The molecule has 29 heavy (non-hydrogen) atoms. The van der Waals surface area contributed by atoms with Gasteiger partial charge in [0.25, 0.3) is 0 Å². The lowest BCUT2D eigenvalue weighted by atomic mass is 10.1. The zero-order valence-electron chi connectivity index (χ0n) is 16.4. The third-order valence-electron chi connectivity index (χ3n) is 4.56. The number of amides is 1.